The molecule has 86 valence electrons. The maximum atomic E-state index is 13.1. The smallest absolute Gasteiger partial charge is 0.308 e. The molecule has 1 N–H and O–H groups in total. The van der Waals surface area contributed by atoms with Crippen LogP contribution in [0.15, 0.2) is 24.3 Å². The van der Waals surface area contributed by atoms with Gasteiger partial charge in [0.05, 0.1) is 5.92 Å². The van der Waals surface area contributed by atoms with E-state index in [2.05, 4.69) is 0 Å². The molecule has 0 aliphatic carbocycles. The van der Waals surface area contributed by atoms with E-state index >= 15 is 0 Å². The van der Waals surface area contributed by atoms with Gasteiger partial charge in [-0.25, -0.2) is 4.39 Å². The molecule has 0 radical (unpaired) electrons. The van der Waals surface area contributed by atoms with Crippen molar-refractivity contribution < 1.29 is 14.3 Å². The van der Waals surface area contributed by atoms with Crippen molar-refractivity contribution in [2.45, 2.75) is 5.92 Å². The lowest BCUT2D eigenvalue weighted by atomic mass is 9.89. The summed E-state index contributed by atoms with van der Waals surface area (Å²) in [5, 5.41) is 9.11. The van der Waals surface area contributed by atoms with Crippen molar-refractivity contribution in [2.24, 2.45) is 5.92 Å². The van der Waals surface area contributed by atoms with Crippen LogP contribution in [0.5, 0.6) is 0 Å². The van der Waals surface area contributed by atoms with Crippen molar-refractivity contribution in [3.63, 3.8) is 0 Å². The molecule has 1 fully saturated rings. The number of aliphatic carboxylic acids is 1. The van der Waals surface area contributed by atoms with Crippen molar-refractivity contribution in [2.75, 3.05) is 20.1 Å². The number of hydrogen-bond donors (Lipinski definition) is 1. The Morgan fingerprint density at radius 3 is 2.88 bits per heavy atom. The minimum absolute atomic E-state index is 0.113. The first-order chi connectivity index (χ1) is 7.58. The molecule has 0 saturated carbocycles. The Morgan fingerprint density at radius 2 is 2.25 bits per heavy atom. The summed E-state index contributed by atoms with van der Waals surface area (Å²) in [6, 6.07) is 6.22. The standard InChI is InChI=1S/C12H14FNO2/c1-14-6-10(11(7-14)12(15)16)8-3-2-4-9(13)5-8/h2-5,10-11H,6-7H2,1H3,(H,15,16)/t10-,11-/m0/s1. The molecule has 1 heterocycles. The Balaban J connectivity index is 2.28. The normalized spacial score (nSPS) is 25.9. The molecule has 0 bridgehead atoms. The van der Waals surface area contributed by atoms with Gasteiger partial charge in [-0.05, 0) is 24.7 Å². The zero-order chi connectivity index (χ0) is 11.7. The molecule has 0 amide bonds. The van der Waals surface area contributed by atoms with Crippen LogP contribution < -0.4 is 0 Å². The van der Waals surface area contributed by atoms with Crippen LogP contribution in [0.3, 0.4) is 0 Å². The molecular weight excluding hydrogens is 209 g/mol. The number of likely N-dealkylation sites (tertiary alicyclic amines) is 1. The lowest BCUT2D eigenvalue weighted by Gasteiger charge is -2.14. The Bertz CT molecular complexity index is 408. The van der Waals surface area contributed by atoms with Crippen molar-refractivity contribution in [3.05, 3.63) is 35.6 Å². The number of carboxylic acid groups (broad SMARTS) is 1. The van der Waals surface area contributed by atoms with Gasteiger partial charge in [0.25, 0.3) is 0 Å². The fourth-order valence-electron chi connectivity index (χ4n) is 2.33. The van der Waals surface area contributed by atoms with Gasteiger partial charge in [0.1, 0.15) is 5.82 Å². The van der Waals surface area contributed by atoms with Crippen LogP contribution in [0.4, 0.5) is 4.39 Å². The fourth-order valence-corrected chi connectivity index (χ4v) is 2.33. The van der Waals surface area contributed by atoms with E-state index in [1.54, 1.807) is 12.1 Å². The largest absolute Gasteiger partial charge is 0.481 e. The second kappa shape index (κ2) is 4.22. The van der Waals surface area contributed by atoms with E-state index in [0.29, 0.717) is 13.1 Å². The lowest BCUT2D eigenvalue weighted by molar-refractivity contribution is -0.141. The molecule has 1 aliphatic heterocycles. The highest BCUT2D eigenvalue weighted by Gasteiger charge is 2.36. The van der Waals surface area contributed by atoms with Gasteiger partial charge in [-0.3, -0.25) is 4.79 Å². The van der Waals surface area contributed by atoms with Crippen molar-refractivity contribution in [1.29, 1.82) is 0 Å². The maximum absolute atomic E-state index is 13.1. The van der Waals surface area contributed by atoms with Crippen LogP contribution in [-0.2, 0) is 4.79 Å². The van der Waals surface area contributed by atoms with E-state index in [9.17, 15) is 9.18 Å². The van der Waals surface area contributed by atoms with Crippen LogP contribution in [0.1, 0.15) is 11.5 Å². The molecule has 1 aromatic carbocycles. The van der Waals surface area contributed by atoms with Crippen molar-refractivity contribution >= 4 is 5.97 Å². The highest BCUT2D eigenvalue weighted by atomic mass is 19.1. The Kier molecular flexibility index (Phi) is 2.92. The molecule has 4 heteroatoms. The van der Waals surface area contributed by atoms with Gasteiger partial charge in [0, 0.05) is 19.0 Å². The number of benzene rings is 1. The average Bonchev–Trinajstić information content (AvgIpc) is 2.60. The van der Waals surface area contributed by atoms with E-state index < -0.39 is 11.9 Å². The summed E-state index contributed by atoms with van der Waals surface area (Å²) in [4.78, 5) is 13.1. The van der Waals surface area contributed by atoms with E-state index in [-0.39, 0.29) is 11.7 Å². The zero-order valence-electron chi connectivity index (χ0n) is 9.06. The molecule has 16 heavy (non-hydrogen) atoms. The first-order valence-electron chi connectivity index (χ1n) is 5.24. The first-order valence-corrected chi connectivity index (χ1v) is 5.24. The van der Waals surface area contributed by atoms with Crippen LogP contribution in [-0.4, -0.2) is 36.1 Å². The SMILES string of the molecule is CN1C[C@H](C(=O)O)[C@H](c2cccc(F)c2)C1. The van der Waals surface area contributed by atoms with Gasteiger partial charge in [-0.2, -0.15) is 0 Å². The average molecular weight is 223 g/mol. The van der Waals surface area contributed by atoms with Crippen molar-refractivity contribution in [3.8, 4) is 0 Å². The Hall–Kier alpha value is -1.42. The van der Waals surface area contributed by atoms with Gasteiger partial charge < -0.3 is 10.0 Å². The van der Waals surface area contributed by atoms with Crippen LogP contribution >= 0.6 is 0 Å². The lowest BCUT2D eigenvalue weighted by Crippen LogP contribution is -2.21. The minimum atomic E-state index is -0.807. The molecule has 1 saturated heterocycles. The Morgan fingerprint density at radius 1 is 1.50 bits per heavy atom. The third-order valence-corrected chi connectivity index (χ3v) is 3.10. The molecule has 2 rings (SSSR count). The molecule has 2 atom stereocenters. The second-order valence-electron chi connectivity index (χ2n) is 4.33. The van der Waals surface area contributed by atoms with Gasteiger partial charge >= 0.3 is 5.97 Å². The summed E-state index contributed by atoms with van der Waals surface area (Å²) in [5.41, 5.74) is 0.775. The summed E-state index contributed by atoms with van der Waals surface area (Å²) in [6.45, 7) is 1.19. The highest BCUT2D eigenvalue weighted by Crippen LogP contribution is 2.32. The number of carboxylic acids is 1. The van der Waals surface area contributed by atoms with E-state index in [0.717, 1.165) is 5.56 Å². The first kappa shape index (κ1) is 11.1. The number of rotatable bonds is 2. The molecular formula is C12H14FNO2. The molecule has 0 spiro atoms. The minimum Gasteiger partial charge on any atom is -0.481 e. The van der Waals surface area contributed by atoms with Crippen LogP contribution in [0, 0.1) is 11.7 Å². The summed E-state index contributed by atoms with van der Waals surface area (Å²) < 4.78 is 13.1. The predicted molar refractivity (Wildman–Crippen MR) is 57.8 cm³/mol. The summed E-state index contributed by atoms with van der Waals surface area (Å²) in [5.74, 6) is -1.67. The molecule has 1 aliphatic rings. The molecule has 0 aromatic heterocycles. The fraction of sp³-hybridized carbons (Fsp3) is 0.417. The molecule has 0 unspecified atom stereocenters. The Labute approximate surface area is 93.5 Å². The topological polar surface area (TPSA) is 40.5 Å². The third kappa shape index (κ3) is 2.07. The summed E-state index contributed by atoms with van der Waals surface area (Å²) in [6.07, 6.45) is 0. The van der Waals surface area contributed by atoms with Gasteiger partial charge in [-0.1, -0.05) is 12.1 Å². The zero-order valence-corrected chi connectivity index (χ0v) is 9.06. The van der Waals surface area contributed by atoms with Gasteiger partial charge in [0.15, 0.2) is 0 Å². The predicted octanol–water partition coefficient (Wildman–Crippen LogP) is 1.56. The van der Waals surface area contributed by atoms with Gasteiger partial charge in [-0.15, -0.1) is 0 Å². The summed E-state index contributed by atoms with van der Waals surface area (Å²) >= 11 is 0. The highest BCUT2D eigenvalue weighted by molar-refractivity contribution is 5.72. The van der Waals surface area contributed by atoms with E-state index in [1.165, 1.54) is 12.1 Å². The van der Waals surface area contributed by atoms with E-state index in [1.807, 2.05) is 11.9 Å². The van der Waals surface area contributed by atoms with Crippen LogP contribution in [0.25, 0.3) is 0 Å². The number of halogens is 1. The maximum Gasteiger partial charge on any atom is 0.308 e. The van der Waals surface area contributed by atoms with Gasteiger partial charge in [0.2, 0.25) is 0 Å². The number of carbonyl (C=O) groups is 1. The van der Waals surface area contributed by atoms with E-state index in [4.69, 9.17) is 5.11 Å². The quantitative estimate of drug-likeness (QED) is 0.827. The van der Waals surface area contributed by atoms with Crippen molar-refractivity contribution in [1.82, 2.24) is 4.90 Å². The third-order valence-electron chi connectivity index (χ3n) is 3.10. The summed E-state index contributed by atoms with van der Waals surface area (Å²) in [7, 11) is 1.88. The molecule has 3 nitrogen and oxygen atoms in total. The number of nitrogens with zero attached hydrogens (tertiary/aromatic N) is 1. The van der Waals surface area contributed by atoms with Crippen LogP contribution in [0.2, 0.25) is 0 Å². The number of hydrogen-bond acceptors (Lipinski definition) is 2. The number of likely N-dealkylation sites (N-methyl/N-ethyl adjacent to an activating group) is 1. The monoisotopic (exact) mass is 223 g/mol. The molecule has 1 aromatic rings. The second-order valence-corrected chi connectivity index (χ2v) is 4.33.